The molecule has 0 aliphatic heterocycles. The Hall–Kier alpha value is -3.06. The maximum absolute atomic E-state index is 12.6. The third-order valence-corrected chi connectivity index (χ3v) is 4.07. The van der Waals surface area contributed by atoms with E-state index in [-0.39, 0.29) is 12.5 Å². The second-order valence-electron chi connectivity index (χ2n) is 6.33. The fourth-order valence-electron chi connectivity index (χ4n) is 2.78. The molecule has 0 unspecified atom stereocenters. The van der Waals surface area contributed by atoms with E-state index in [0.717, 1.165) is 23.5 Å². The number of benzene rings is 2. The summed E-state index contributed by atoms with van der Waals surface area (Å²) in [7, 11) is 0. The van der Waals surface area contributed by atoms with Gasteiger partial charge in [-0.1, -0.05) is 30.3 Å². The van der Waals surface area contributed by atoms with E-state index in [4.69, 9.17) is 4.42 Å². The summed E-state index contributed by atoms with van der Waals surface area (Å²) < 4.78 is 43.3. The van der Waals surface area contributed by atoms with Crippen molar-refractivity contribution in [1.29, 1.82) is 0 Å². The molecule has 3 aromatic rings. The van der Waals surface area contributed by atoms with Crippen LogP contribution in [0.1, 0.15) is 16.9 Å². The van der Waals surface area contributed by atoms with Gasteiger partial charge in [-0.3, -0.25) is 9.69 Å². The number of rotatable bonds is 7. The van der Waals surface area contributed by atoms with Crippen LogP contribution in [0, 0.1) is 0 Å². The molecule has 0 aliphatic rings. The lowest BCUT2D eigenvalue weighted by Gasteiger charge is -2.21. The van der Waals surface area contributed by atoms with E-state index in [1.807, 2.05) is 41.3 Å². The lowest BCUT2D eigenvalue weighted by molar-refractivity contribution is -0.137. The summed E-state index contributed by atoms with van der Waals surface area (Å²) in [5.41, 5.74) is 0.598. The summed E-state index contributed by atoms with van der Waals surface area (Å²) in [5.74, 6) is 0.403. The second kappa shape index (κ2) is 8.75. The molecule has 146 valence electrons. The van der Waals surface area contributed by atoms with Gasteiger partial charge in [-0.25, -0.2) is 0 Å². The van der Waals surface area contributed by atoms with Crippen LogP contribution in [-0.4, -0.2) is 17.4 Å². The van der Waals surface area contributed by atoms with Gasteiger partial charge in [0.25, 0.3) is 0 Å². The van der Waals surface area contributed by atoms with Crippen molar-refractivity contribution in [2.45, 2.75) is 19.3 Å². The fraction of sp³-hybridized carbons (Fsp3) is 0.190. The molecule has 28 heavy (non-hydrogen) atoms. The number of alkyl halides is 3. The number of amides is 1. The maximum Gasteiger partial charge on any atom is 0.416 e. The number of nitrogens with zero attached hydrogens (tertiary/aromatic N) is 1. The minimum Gasteiger partial charge on any atom is -0.468 e. The first-order valence-electron chi connectivity index (χ1n) is 8.66. The SMILES string of the molecule is O=C(CN(Cc1ccccc1)Cc1ccco1)Nc1ccc(C(F)(F)F)cc1. The Morgan fingerprint density at radius 2 is 1.64 bits per heavy atom. The molecule has 0 atom stereocenters. The third-order valence-electron chi connectivity index (χ3n) is 4.07. The van der Waals surface area contributed by atoms with Gasteiger partial charge in [0.05, 0.1) is 24.9 Å². The summed E-state index contributed by atoms with van der Waals surface area (Å²) in [4.78, 5) is 14.3. The number of furan rings is 1. The molecule has 2 aromatic carbocycles. The van der Waals surface area contributed by atoms with Crippen molar-refractivity contribution in [3.63, 3.8) is 0 Å². The first-order valence-corrected chi connectivity index (χ1v) is 8.66. The van der Waals surface area contributed by atoms with Gasteiger partial charge in [-0.05, 0) is 42.0 Å². The van der Waals surface area contributed by atoms with Crippen molar-refractivity contribution in [2.75, 3.05) is 11.9 Å². The molecule has 1 N–H and O–H groups in total. The molecule has 1 aromatic heterocycles. The van der Waals surface area contributed by atoms with Gasteiger partial charge in [0.2, 0.25) is 5.91 Å². The zero-order valence-electron chi connectivity index (χ0n) is 14.9. The summed E-state index contributed by atoms with van der Waals surface area (Å²) in [6.45, 7) is 1.03. The standard InChI is InChI=1S/C21H19F3N2O2/c22-21(23,24)17-8-10-18(11-9-17)25-20(27)15-26(14-19-7-4-12-28-19)13-16-5-2-1-3-6-16/h1-12H,13-15H2,(H,25,27). The number of halogens is 3. The van der Waals surface area contributed by atoms with Gasteiger partial charge in [0.1, 0.15) is 5.76 Å². The number of carbonyl (C=O) groups excluding carboxylic acids is 1. The van der Waals surface area contributed by atoms with Crippen LogP contribution in [0.2, 0.25) is 0 Å². The predicted octanol–water partition coefficient (Wildman–Crippen LogP) is 4.94. The molecule has 0 radical (unpaired) electrons. The quantitative estimate of drug-likeness (QED) is 0.624. The van der Waals surface area contributed by atoms with Crippen molar-refractivity contribution < 1.29 is 22.4 Å². The molecule has 0 saturated heterocycles. The van der Waals surface area contributed by atoms with Gasteiger partial charge in [0, 0.05) is 12.2 Å². The van der Waals surface area contributed by atoms with E-state index < -0.39 is 11.7 Å². The molecule has 7 heteroatoms. The third kappa shape index (κ3) is 5.72. The highest BCUT2D eigenvalue weighted by Crippen LogP contribution is 2.29. The number of hydrogen-bond donors (Lipinski definition) is 1. The topological polar surface area (TPSA) is 45.5 Å². The highest BCUT2D eigenvalue weighted by molar-refractivity contribution is 5.92. The molecule has 0 bridgehead atoms. The van der Waals surface area contributed by atoms with Gasteiger partial charge >= 0.3 is 6.18 Å². The zero-order valence-corrected chi connectivity index (χ0v) is 14.9. The van der Waals surface area contributed by atoms with E-state index in [9.17, 15) is 18.0 Å². The predicted molar refractivity (Wildman–Crippen MR) is 99.3 cm³/mol. The van der Waals surface area contributed by atoms with Crippen LogP contribution in [0.25, 0.3) is 0 Å². The molecule has 0 spiro atoms. The average molecular weight is 388 g/mol. The van der Waals surface area contributed by atoms with Crippen LogP contribution < -0.4 is 5.32 Å². The summed E-state index contributed by atoms with van der Waals surface area (Å²) in [6, 6.07) is 17.7. The van der Waals surface area contributed by atoms with Crippen LogP contribution in [0.3, 0.4) is 0 Å². The van der Waals surface area contributed by atoms with Crippen molar-refractivity contribution in [3.05, 3.63) is 89.9 Å². The van der Waals surface area contributed by atoms with E-state index in [2.05, 4.69) is 5.32 Å². The highest BCUT2D eigenvalue weighted by atomic mass is 19.4. The number of anilines is 1. The van der Waals surface area contributed by atoms with Crippen LogP contribution in [0.4, 0.5) is 18.9 Å². The summed E-state index contributed by atoms with van der Waals surface area (Å²) in [5, 5.41) is 2.64. The Labute approximate surface area is 160 Å². The Balaban J connectivity index is 1.64. The molecule has 3 rings (SSSR count). The molecular formula is C21H19F3N2O2. The fourth-order valence-corrected chi connectivity index (χ4v) is 2.78. The average Bonchev–Trinajstić information content (AvgIpc) is 3.15. The van der Waals surface area contributed by atoms with Gasteiger partial charge in [-0.2, -0.15) is 13.2 Å². The number of carbonyl (C=O) groups is 1. The van der Waals surface area contributed by atoms with E-state index >= 15 is 0 Å². The van der Waals surface area contributed by atoms with Crippen LogP contribution in [-0.2, 0) is 24.1 Å². The number of nitrogens with one attached hydrogen (secondary N) is 1. The largest absolute Gasteiger partial charge is 0.468 e. The number of hydrogen-bond acceptors (Lipinski definition) is 3. The Morgan fingerprint density at radius 3 is 2.25 bits per heavy atom. The second-order valence-corrected chi connectivity index (χ2v) is 6.33. The van der Waals surface area contributed by atoms with Crippen molar-refractivity contribution in [1.82, 2.24) is 4.90 Å². The summed E-state index contributed by atoms with van der Waals surface area (Å²) >= 11 is 0. The monoisotopic (exact) mass is 388 g/mol. The van der Waals surface area contributed by atoms with E-state index in [1.165, 1.54) is 12.1 Å². The molecule has 0 aliphatic carbocycles. The Morgan fingerprint density at radius 1 is 0.929 bits per heavy atom. The van der Waals surface area contributed by atoms with Gasteiger partial charge in [-0.15, -0.1) is 0 Å². The Kier molecular flexibility index (Phi) is 6.16. The minimum atomic E-state index is -4.40. The Bertz CT molecular complexity index is 876. The van der Waals surface area contributed by atoms with Crippen molar-refractivity contribution in [3.8, 4) is 0 Å². The van der Waals surface area contributed by atoms with Gasteiger partial charge < -0.3 is 9.73 Å². The molecule has 0 saturated carbocycles. The van der Waals surface area contributed by atoms with E-state index in [1.54, 1.807) is 12.3 Å². The molecule has 4 nitrogen and oxygen atoms in total. The van der Waals surface area contributed by atoms with Gasteiger partial charge in [0.15, 0.2) is 0 Å². The molecule has 0 fully saturated rings. The first kappa shape index (κ1) is 19.7. The van der Waals surface area contributed by atoms with Crippen molar-refractivity contribution in [2.24, 2.45) is 0 Å². The molecule has 1 heterocycles. The van der Waals surface area contributed by atoms with Crippen LogP contribution in [0.5, 0.6) is 0 Å². The molecule has 1 amide bonds. The lowest BCUT2D eigenvalue weighted by Crippen LogP contribution is -2.32. The zero-order chi connectivity index (χ0) is 20.0. The minimum absolute atomic E-state index is 0.0661. The van der Waals surface area contributed by atoms with Crippen molar-refractivity contribution >= 4 is 11.6 Å². The van der Waals surface area contributed by atoms with Crippen LogP contribution >= 0.6 is 0 Å². The normalized spacial score (nSPS) is 11.6. The van der Waals surface area contributed by atoms with E-state index in [0.29, 0.717) is 18.8 Å². The smallest absolute Gasteiger partial charge is 0.416 e. The highest BCUT2D eigenvalue weighted by Gasteiger charge is 2.30. The maximum atomic E-state index is 12.6. The van der Waals surface area contributed by atoms with Crippen LogP contribution in [0.15, 0.2) is 77.4 Å². The lowest BCUT2D eigenvalue weighted by atomic mass is 10.2. The first-order chi connectivity index (χ1) is 13.4. The molecular weight excluding hydrogens is 369 g/mol. The summed E-state index contributed by atoms with van der Waals surface area (Å²) in [6.07, 6.45) is -2.84.